The Hall–Kier alpha value is -0.940. The average Bonchev–Trinajstić information content (AvgIpc) is 2.18. The van der Waals surface area contributed by atoms with Crippen LogP contribution in [0.15, 0.2) is 22.7 Å². The first-order chi connectivity index (χ1) is 7.06. The van der Waals surface area contributed by atoms with Crippen molar-refractivity contribution in [3.05, 3.63) is 38.3 Å². The van der Waals surface area contributed by atoms with Gasteiger partial charge in [0.25, 0.3) is 5.69 Å². The van der Waals surface area contributed by atoms with Gasteiger partial charge >= 0.3 is 0 Å². The molecule has 0 heterocycles. The number of rotatable bonds is 4. The van der Waals surface area contributed by atoms with Crippen molar-refractivity contribution >= 4 is 21.6 Å². The second kappa shape index (κ2) is 5.23. The minimum absolute atomic E-state index is 0.108. The summed E-state index contributed by atoms with van der Waals surface area (Å²) >= 11 is 3.15. The molecule has 0 aliphatic heterocycles. The maximum Gasteiger partial charge on any atom is 0.283 e. The van der Waals surface area contributed by atoms with Gasteiger partial charge in [-0.1, -0.05) is 13.0 Å². The zero-order chi connectivity index (χ0) is 11.4. The van der Waals surface area contributed by atoms with Crippen molar-refractivity contribution in [1.82, 2.24) is 0 Å². The van der Waals surface area contributed by atoms with E-state index in [1.54, 1.807) is 12.1 Å². The fraction of sp³-hybridized carbons (Fsp3) is 0.400. The average molecular weight is 273 g/mol. The molecule has 15 heavy (non-hydrogen) atoms. The van der Waals surface area contributed by atoms with Crippen LogP contribution in [0.4, 0.5) is 5.69 Å². The van der Waals surface area contributed by atoms with Gasteiger partial charge in [-0.2, -0.15) is 0 Å². The van der Waals surface area contributed by atoms with Crippen molar-refractivity contribution in [1.29, 1.82) is 0 Å². The van der Waals surface area contributed by atoms with Crippen molar-refractivity contribution in [2.45, 2.75) is 19.3 Å². The number of nitrogens with two attached hydrogens (primary N) is 1. The van der Waals surface area contributed by atoms with Crippen LogP contribution in [-0.4, -0.2) is 11.5 Å². The zero-order valence-corrected chi connectivity index (χ0v) is 10.0. The van der Waals surface area contributed by atoms with Crippen molar-refractivity contribution in [3.8, 4) is 0 Å². The molecule has 0 saturated heterocycles. The molecular weight excluding hydrogens is 260 g/mol. The molecule has 0 bridgehead atoms. The molecule has 0 aliphatic rings. The molecule has 1 rings (SSSR count). The number of nitrogens with zero attached hydrogens (tertiary/aromatic N) is 1. The quantitative estimate of drug-likeness (QED) is 0.677. The highest BCUT2D eigenvalue weighted by Crippen LogP contribution is 2.29. The molecule has 2 N–H and O–H groups in total. The molecule has 0 saturated carbocycles. The van der Waals surface area contributed by atoms with E-state index in [0.29, 0.717) is 11.0 Å². The Morgan fingerprint density at radius 2 is 2.27 bits per heavy atom. The molecule has 0 aliphatic carbocycles. The lowest BCUT2D eigenvalue weighted by atomic mass is 9.97. The molecule has 4 nitrogen and oxygen atoms in total. The Labute approximate surface area is 96.8 Å². The highest BCUT2D eigenvalue weighted by molar-refractivity contribution is 9.10. The van der Waals surface area contributed by atoms with Crippen LogP contribution in [-0.2, 0) is 0 Å². The van der Waals surface area contributed by atoms with E-state index in [2.05, 4.69) is 15.9 Å². The fourth-order valence-electron chi connectivity index (χ4n) is 1.39. The topological polar surface area (TPSA) is 69.2 Å². The third-order valence-corrected chi connectivity index (χ3v) is 3.01. The fourth-order valence-corrected chi connectivity index (χ4v) is 1.78. The lowest BCUT2D eigenvalue weighted by Gasteiger charge is -2.10. The van der Waals surface area contributed by atoms with E-state index in [0.717, 1.165) is 12.0 Å². The van der Waals surface area contributed by atoms with Gasteiger partial charge in [-0.25, -0.2) is 0 Å². The second-order valence-corrected chi connectivity index (χ2v) is 4.30. The van der Waals surface area contributed by atoms with Crippen LogP contribution in [0.1, 0.15) is 24.8 Å². The van der Waals surface area contributed by atoms with E-state index in [9.17, 15) is 10.1 Å². The van der Waals surface area contributed by atoms with Crippen LogP contribution in [0.2, 0.25) is 0 Å². The largest absolute Gasteiger partial charge is 0.330 e. The summed E-state index contributed by atoms with van der Waals surface area (Å²) in [5.74, 6) is 0.252. The predicted molar refractivity (Wildman–Crippen MR) is 62.9 cm³/mol. The van der Waals surface area contributed by atoms with Gasteiger partial charge in [0.2, 0.25) is 0 Å². The van der Waals surface area contributed by atoms with Crippen LogP contribution in [0.5, 0.6) is 0 Å². The Kier molecular flexibility index (Phi) is 4.23. The zero-order valence-electron chi connectivity index (χ0n) is 8.44. The van der Waals surface area contributed by atoms with Crippen LogP contribution >= 0.6 is 15.9 Å². The van der Waals surface area contributed by atoms with Crippen molar-refractivity contribution < 1.29 is 4.92 Å². The van der Waals surface area contributed by atoms with E-state index in [4.69, 9.17) is 5.73 Å². The summed E-state index contributed by atoms with van der Waals surface area (Å²) < 4.78 is 0.510. The standard InChI is InChI=1S/C10H13BrN2O2/c1-7(4-5-12)8-2-3-9(11)10(6-8)13(14)15/h2-3,6-7H,4-5,12H2,1H3. The first kappa shape index (κ1) is 12.1. The molecule has 0 fully saturated rings. The lowest BCUT2D eigenvalue weighted by Crippen LogP contribution is -2.05. The molecule has 82 valence electrons. The highest BCUT2D eigenvalue weighted by Gasteiger charge is 2.14. The molecule has 0 spiro atoms. The molecule has 5 heteroatoms. The number of benzene rings is 1. The van der Waals surface area contributed by atoms with Crippen molar-refractivity contribution in [3.63, 3.8) is 0 Å². The van der Waals surface area contributed by atoms with Gasteiger partial charge in [-0.05, 0) is 46.4 Å². The predicted octanol–water partition coefficient (Wildman–Crippen LogP) is 2.81. The van der Waals surface area contributed by atoms with Gasteiger partial charge < -0.3 is 5.73 Å². The number of nitro groups is 1. The monoisotopic (exact) mass is 272 g/mol. The number of nitro benzene ring substituents is 1. The summed E-state index contributed by atoms with van der Waals surface area (Å²) in [5, 5.41) is 10.7. The van der Waals surface area contributed by atoms with Gasteiger partial charge in [0.15, 0.2) is 0 Å². The summed E-state index contributed by atoms with van der Waals surface area (Å²) in [6.07, 6.45) is 0.832. The number of hydrogen-bond acceptors (Lipinski definition) is 3. The van der Waals surface area contributed by atoms with E-state index in [-0.39, 0.29) is 16.5 Å². The first-order valence-electron chi connectivity index (χ1n) is 4.70. The van der Waals surface area contributed by atoms with Crippen LogP contribution in [0, 0.1) is 10.1 Å². The molecule has 0 radical (unpaired) electrons. The van der Waals surface area contributed by atoms with E-state index in [1.165, 1.54) is 0 Å². The Bertz CT molecular complexity index is 368. The molecule has 1 unspecified atom stereocenters. The Balaban J connectivity index is 3.02. The van der Waals surface area contributed by atoms with E-state index in [1.807, 2.05) is 13.0 Å². The minimum atomic E-state index is -0.386. The van der Waals surface area contributed by atoms with Crippen LogP contribution in [0.3, 0.4) is 0 Å². The lowest BCUT2D eigenvalue weighted by molar-refractivity contribution is -0.385. The molecule has 1 aromatic rings. The molecule has 1 aromatic carbocycles. The summed E-state index contributed by atoms with van der Waals surface area (Å²) in [5.41, 5.74) is 6.51. The van der Waals surface area contributed by atoms with E-state index < -0.39 is 0 Å². The third kappa shape index (κ3) is 3.00. The maximum atomic E-state index is 10.7. The molecular formula is C10H13BrN2O2. The van der Waals surface area contributed by atoms with Crippen LogP contribution in [0.25, 0.3) is 0 Å². The van der Waals surface area contributed by atoms with Gasteiger partial charge in [-0.15, -0.1) is 0 Å². The second-order valence-electron chi connectivity index (χ2n) is 3.45. The highest BCUT2D eigenvalue weighted by atomic mass is 79.9. The Morgan fingerprint density at radius 3 is 2.80 bits per heavy atom. The smallest absolute Gasteiger partial charge is 0.283 e. The Morgan fingerprint density at radius 1 is 1.60 bits per heavy atom. The molecule has 0 aromatic heterocycles. The van der Waals surface area contributed by atoms with Gasteiger partial charge in [0.1, 0.15) is 0 Å². The van der Waals surface area contributed by atoms with Gasteiger partial charge in [0.05, 0.1) is 9.40 Å². The molecule has 1 atom stereocenters. The normalized spacial score (nSPS) is 12.5. The maximum absolute atomic E-state index is 10.7. The van der Waals surface area contributed by atoms with Gasteiger partial charge in [0, 0.05) is 6.07 Å². The summed E-state index contributed by atoms with van der Waals surface area (Å²) in [6.45, 7) is 2.60. The summed E-state index contributed by atoms with van der Waals surface area (Å²) in [7, 11) is 0. The van der Waals surface area contributed by atoms with Crippen molar-refractivity contribution in [2.75, 3.05) is 6.54 Å². The van der Waals surface area contributed by atoms with Crippen molar-refractivity contribution in [2.24, 2.45) is 5.73 Å². The SMILES string of the molecule is CC(CCN)c1ccc(Br)c([N+](=O)[O-])c1. The number of hydrogen-bond donors (Lipinski definition) is 1. The van der Waals surface area contributed by atoms with E-state index >= 15 is 0 Å². The number of halogens is 1. The van der Waals surface area contributed by atoms with Crippen LogP contribution < -0.4 is 5.73 Å². The first-order valence-corrected chi connectivity index (χ1v) is 5.49. The molecule has 0 amide bonds. The minimum Gasteiger partial charge on any atom is -0.330 e. The summed E-state index contributed by atoms with van der Waals surface area (Å²) in [6, 6.07) is 5.20. The third-order valence-electron chi connectivity index (χ3n) is 2.34. The van der Waals surface area contributed by atoms with Gasteiger partial charge in [-0.3, -0.25) is 10.1 Å². The summed E-state index contributed by atoms with van der Waals surface area (Å²) in [4.78, 5) is 10.3.